The highest BCUT2D eigenvalue weighted by Crippen LogP contribution is 2.26. The maximum Gasteiger partial charge on any atom is 0.272 e. The van der Waals surface area contributed by atoms with Crippen molar-refractivity contribution >= 4 is 22.8 Å². The zero-order valence-corrected chi connectivity index (χ0v) is 18.8. The van der Waals surface area contributed by atoms with Crippen LogP contribution in [0.5, 0.6) is 0 Å². The van der Waals surface area contributed by atoms with Crippen molar-refractivity contribution in [3.05, 3.63) is 47.2 Å². The molecule has 3 aromatic heterocycles. The molecule has 3 N–H and O–H groups in total. The van der Waals surface area contributed by atoms with Crippen molar-refractivity contribution in [2.24, 2.45) is 5.73 Å². The largest absolute Gasteiger partial charge is 0.378 e. The number of aromatic nitrogens is 4. The highest BCUT2D eigenvalue weighted by molar-refractivity contribution is 5.95. The average molecular weight is 454 g/mol. The Balaban J connectivity index is 1.26. The number of hydrogen-bond acceptors (Lipinski definition) is 7. The molecule has 10 heteroatoms. The lowest BCUT2D eigenvalue weighted by Crippen LogP contribution is -2.39. The number of fused-ring (bicyclic) bond motifs is 2. The van der Waals surface area contributed by atoms with Crippen molar-refractivity contribution in [2.45, 2.75) is 50.9 Å². The van der Waals surface area contributed by atoms with Crippen molar-refractivity contribution in [1.29, 1.82) is 0 Å². The van der Waals surface area contributed by atoms with Crippen LogP contribution in [0.15, 0.2) is 24.4 Å². The van der Waals surface area contributed by atoms with Crippen LogP contribution in [0.3, 0.4) is 0 Å². The van der Waals surface area contributed by atoms with E-state index in [1.165, 1.54) is 12.3 Å². The summed E-state index contributed by atoms with van der Waals surface area (Å²) < 4.78 is 21.3. The van der Waals surface area contributed by atoms with Gasteiger partial charge in [-0.25, -0.2) is 9.37 Å². The Kier molecular flexibility index (Phi) is 5.71. The van der Waals surface area contributed by atoms with Crippen LogP contribution in [0.4, 0.5) is 10.2 Å². The number of nitrogens with two attached hydrogens (primary N) is 1. The second kappa shape index (κ2) is 8.68. The van der Waals surface area contributed by atoms with Crippen LogP contribution >= 0.6 is 0 Å². The molecule has 1 fully saturated rings. The van der Waals surface area contributed by atoms with E-state index in [0.717, 1.165) is 43.0 Å². The normalized spacial score (nSPS) is 22.5. The molecule has 0 radical (unpaired) electrons. The van der Waals surface area contributed by atoms with Gasteiger partial charge in [-0.15, -0.1) is 10.2 Å². The molecule has 1 saturated heterocycles. The molecule has 1 aliphatic heterocycles. The molecule has 4 heterocycles. The van der Waals surface area contributed by atoms with Gasteiger partial charge in [-0.3, -0.25) is 4.79 Å². The summed E-state index contributed by atoms with van der Waals surface area (Å²) in [7, 11) is 1.68. The minimum absolute atomic E-state index is 0.0127. The van der Waals surface area contributed by atoms with Crippen molar-refractivity contribution in [1.82, 2.24) is 25.1 Å². The number of hydrogen-bond donors (Lipinski definition) is 2. The molecule has 5 rings (SSSR count). The number of carbonyl (C=O) groups is 1. The lowest BCUT2D eigenvalue weighted by Gasteiger charge is -2.26. The van der Waals surface area contributed by atoms with Crippen LogP contribution in [0.2, 0.25) is 0 Å². The molecular formula is C23H28FN7O2. The molecule has 0 saturated carbocycles. The van der Waals surface area contributed by atoms with Gasteiger partial charge >= 0.3 is 0 Å². The van der Waals surface area contributed by atoms with Gasteiger partial charge in [0.15, 0.2) is 17.2 Å². The summed E-state index contributed by atoms with van der Waals surface area (Å²) >= 11 is 0. The van der Waals surface area contributed by atoms with Gasteiger partial charge in [0.1, 0.15) is 5.82 Å². The number of nitrogens with one attached hydrogen (secondary N) is 1. The third-order valence-electron chi connectivity index (χ3n) is 6.67. The van der Waals surface area contributed by atoms with Gasteiger partial charge in [0, 0.05) is 44.7 Å². The first-order valence-electron chi connectivity index (χ1n) is 11.3. The second-order valence-electron chi connectivity index (χ2n) is 8.76. The molecule has 1 aliphatic carbocycles. The third kappa shape index (κ3) is 4.04. The van der Waals surface area contributed by atoms with Crippen molar-refractivity contribution in [3.8, 4) is 0 Å². The molecule has 0 aromatic carbocycles. The molecule has 0 spiro atoms. The number of methoxy groups -OCH3 is 1. The summed E-state index contributed by atoms with van der Waals surface area (Å²) in [5.41, 5.74) is 8.88. The molecule has 0 bridgehead atoms. The number of nitrogens with zero attached hydrogens (tertiary/aromatic N) is 5. The number of anilines is 1. The predicted octanol–water partition coefficient (Wildman–Crippen LogP) is 1.43. The van der Waals surface area contributed by atoms with Crippen LogP contribution in [0.1, 0.15) is 35.1 Å². The van der Waals surface area contributed by atoms with Crippen molar-refractivity contribution in [2.75, 3.05) is 25.1 Å². The molecule has 3 unspecified atom stereocenters. The fourth-order valence-corrected chi connectivity index (χ4v) is 4.79. The zero-order valence-electron chi connectivity index (χ0n) is 18.8. The number of carbonyl (C=O) groups excluding carboxylic acids is 1. The van der Waals surface area contributed by atoms with E-state index in [9.17, 15) is 9.18 Å². The number of rotatable bonds is 5. The number of amides is 1. The van der Waals surface area contributed by atoms with Crippen LogP contribution in [-0.2, 0) is 24.1 Å². The fourth-order valence-electron chi connectivity index (χ4n) is 4.79. The van der Waals surface area contributed by atoms with E-state index in [1.54, 1.807) is 11.7 Å². The fraction of sp³-hybridized carbons (Fsp3) is 0.478. The molecule has 33 heavy (non-hydrogen) atoms. The summed E-state index contributed by atoms with van der Waals surface area (Å²) in [4.78, 5) is 19.8. The second-order valence-corrected chi connectivity index (χ2v) is 8.76. The standard InChI is InChI=1S/C23H28FN7O2/c1-3-30-10-16(24)15-9-19(28-29-22(15)30)23(32)26-14-5-6-18-13(8-14)4-7-21(27-18)31-11-17(25)20(12-31)33-2/h4,7,9-10,14,17,20H,3,5-6,8,11-12,25H2,1-2H3,(H,26,32). The summed E-state index contributed by atoms with van der Waals surface area (Å²) in [6.07, 6.45) is 3.61. The highest BCUT2D eigenvalue weighted by atomic mass is 19.1. The van der Waals surface area contributed by atoms with Gasteiger partial charge in [-0.2, -0.15) is 0 Å². The van der Waals surface area contributed by atoms with E-state index >= 15 is 0 Å². The summed E-state index contributed by atoms with van der Waals surface area (Å²) in [6.45, 7) is 3.93. The highest BCUT2D eigenvalue weighted by Gasteiger charge is 2.31. The van der Waals surface area contributed by atoms with Gasteiger partial charge < -0.3 is 25.3 Å². The van der Waals surface area contributed by atoms with E-state index < -0.39 is 5.82 Å². The summed E-state index contributed by atoms with van der Waals surface area (Å²) in [5.74, 6) is 0.165. The van der Waals surface area contributed by atoms with Crippen LogP contribution < -0.4 is 16.0 Å². The topological polar surface area (TPSA) is 111 Å². The molecule has 2 aliphatic rings. The molecule has 1 amide bonds. The van der Waals surface area contributed by atoms with E-state index in [4.69, 9.17) is 15.5 Å². The minimum atomic E-state index is -0.403. The Morgan fingerprint density at radius 3 is 2.94 bits per heavy atom. The number of ether oxygens (including phenoxy) is 1. The van der Waals surface area contributed by atoms with E-state index in [2.05, 4.69) is 26.5 Å². The van der Waals surface area contributed by atoms with E-state index in [1.807, 2.05) is 13.0 Å². The Bertz CT molecular complexity index is 1200. The van der Waals surface area contributed by atoms with Gasteiger partial charge in [-0.05, 0) is 43.9 Å². The number of aryl methyl sites for hydroxylation is 2. The number of pyridine rings is 1. The Labute approximate surface area is 191 Å². The Hall–Kier alpha value is -3.11. The van der Waals surface area contributed by atoms with Gasteiger partial charge in [-0.1, -0.05) is 6.07 Å². The van der Waals surface area contributed by atoms with E-state index in [-0.39, 0.29) is 29.8 Å². The third-order valence-corrected chi connectivity index (χ3v) is 6.67. The predicted molar refractivity (Wildman–Crippen MR) is 122 cm³/mol. The minimum Gasteiger partial charge on any atom is -0.378 e. The van der Waals surface area contributed by atoms with E-state index in [0.29, 0.717) is 24.0 Å². The maximum absolute atomic E-state index is 14.2. The van der Waals surface area contributed by atoms with Crippen LogP contribution in [0, 0.1) is 5.82 Å². The Morgan fingerprint density at radius 2 is 2.18 bits per heavy atom. The molecular weight excluding hydrogens is 425 g/mol. The molecule has 174 valence electrons. The maximum atomic E-state index is 14.2. The molecule has 3 aromatic rings. The smallest absolute Gasteiger partial charge is 0.272 e. The van der Waals surface area contributed by atoms with Gasteiger partial charge in [0.25, 0.3) is 5.91 Å². The monoisotopic (exact) mass is 453 g/mol. The number of halogens is 1. The lowest BCUT2D eigenvalue weighted by atomic mass is 9.91. The first kappa shape index (κ1) is 21.7. The molecule has 9 nitrogen and oxygen atoms in total. The van der Waals surface area contributed by atoms with Crippen LogP contribution in [0.25, 0.3) is 11.0 Å². The SMILES string of the molecule is CCn1cc(F)c2cc(C(=O)NC3CCc4nc(N5CC(N)C(OC)C5)ccc4C3)nnc21. The molecule has 3 atom stereocenters. The van der Waals surface area contributed by atoms with Gasteiger partial charge in [0.05, 0.1) is 17.5 Å². The van der Waals surface area contributed by atoms with Crippen molar-refractivity contribution < 1.29 is 13.9 Å². The quantitative estimate of drug-likeness (QED) is 0.601. The first-order chi connectivity index (χ1) is 16.0. The summed E-state index contributed by atoms with van der Waals surface area (Å²) in [6, 6.07) is 5.49. The van der Waals surface area contributed by atoms with Gasteiger partial charge in [0.2, 0.25) is 0 Å². The first-order valence-corrected chi connectivity index (χ1v) is 11.3. The van der Waals surface area contributed by atoms with Crippen molar-refractivity contribution in [3.63, 3.8) is 0 Å². The lowest BCUT2D eigenvalue weighted by molar-refractivity contribution is 0.0927. The average Bonchev–Trinajstić information content (AvgIpc) is 3.37. The zero-order chi connectivity index (χ0) is 23.1. The van der Waals surface area contributed by atoms with Crippen LogP contribution in [-0.4, -0.2) is 64.0 Å². The summed E-state index contributed by atoms with van der Waals surface area (Å²) in [5, 5.41) is 11.4. The Morgan fingerprint density at radius 1 is 1.33 bits per heavy atom.